The van der Waals surface area contributed by atoms with Gasteiger partial charge in [-0.05, 0) is 23.8 Å². The Balaban J connectivity index is 0.00000220. The SMILES string of the molecule is CC1CCN(C(=O)C(C)C(N)c2ccccc2)CC1C.Cl. The standard InChI is InChI=1S/C17H26N2O.ClH/c1-12-9-10-19(11-13(12)2)17(20)14(3)16(18)15-7-5-4-6-8-15;/h4-8,12-14,16H,9-11,18H2,1-3H3;1H. The van der Waals surface area contributed by atoms with Gasteiger partial charge in [-0.3, -0.25) is 4.79 Å². The van der Waals surface area contributed by atoms with Crippen molar-refractivity contribution in [1.29, 1.82) is 0 Å². The van der Waals surface area contributed by atoms with Gasteiger partial charge in [0.2, 0.25) is 5.91 Å². The molecule has 4 unspecified atom stereocenters. The quantitative estimate of drug-likeness (QED) is 0.931. The summed E-state index contributed by atoms with van der Waals surface area (Å²) in [7, 11) is 0. The van der Waals surface area contributed by atoms with E-state index in [0.29, 0.717) is 11.8 Å². The molecule has 4 heteroatoms. The minimum absolute atomic E-state index is 0. The van der Waals surface area contributed by atoms with Crippen LogP contribution in [0, 0.1) is 17.8 Å². The van der Waals surface area contributed by atoms with Crippen LogP contribution in [-0.4, -0.2) is 23.9 Å². The molecule has 3 nitrogen and oxygen atoms in total. The van der Waals surface area contributed by atoms with Crippen LogP contribution in [0.15, 0.2) is 30.3 Å². The van der Waals surface area contributed by atoms with Crippen molar-refractivity contribution in [3.05, 3.63) is 35.9 Å². The first-order valence-electron chi connectivity index (χ1n) is 7.60. The van der Waals surface area contributed by atoms with Gasteiger partial charge in [0.05, 0.1) is 5.92 Å². The summed E-state index contributed by atoms with van der Waals surface area (Å²) in [5.41, 5.74) is 7.29. The maximum absolute atomic E-state index is 12.6. The third kappa shape index (κ3) is 4.21. The Labute approximate surface area is 134 Å². The number of likely N-dealkylation sites (tertiary alicyclic amines) is 1. The van der Waals surface area contributed by atoms with Crippen LogP contribution in [0.2, 0.25) is 0 Å². The lowest BCUT2D eigenvalue weighted by molar-refractivity contribution is -0.138. The van der Waals surface area contributed by atoms with Gasteiger partial charge < -0.3 is 10.6 Å². The molecule has 1 amide bonds. The van der Waals surface area contributed by atoms with Crippen LogP contribution in [0.25, 0.3) is 0 Å². The van der Waals surface area contributed by atoms with E-state index in [-0.39, 0.29) is 30.3 Å². The van der Waals surface area contributed by atoms with Crippen LogP contribution in [0.5, 0.6) is 0 Å². The number of piperidine rings is 1. The highest BCUT2D eigenvalue weighted by molar-refractivity contribution is 5.85. The molecular formula is C17H27ClN2O. The topological polar surface area (TPSA) is 46.3 Å². The van der Waals surface area contributed by atoms with Gasteiger partial charge in [-0.1, -0.05) is 51.1 Å². The van der Waals surface area contributed by atoms with E-state index in [9.17, 15) is 4.79 Å². The molecule has 2 rings (SSSR count). The summed E-state index contributed by atoms with van der Waals surface area (Å²) in [6, 6.07) is 9.67. The smallest absolute Gasteiger partial charge is 0.227 e. The number of nitrogens with two attached hydrogens (primary N) is 1. The molecule has 0 radical (unpaired) electrons. The van der Waals surface area contributed by atoms with E-state index in [2.05, 4.69) is 13.8 Å². The van der Waals surface area contributed by atoms with Crippen molar-refractivity contribution in [2.75, 3.05) is 13.1 Å². The van der Waals surface area contributed by atoms with Crippen molar-refractivity contribution in [2.45, 2.75) is 33.2 Å². The number of hydrogen-bond acceptors (Lipinski definition) is 2. The maximum atomic E-state index is 12.6. The number of carbonyl (C=O) groups excluding carboxylic acids is 1. The van der Waals surface area contributed by atoms with E-state index in [1.54, 1.807) is 0 Å². The van der Waals surface area contributed by atoms with E-state index < -0.39 is 0 Å². The van der Waals surface area contributed by atoms with Crippen molar-refractivity contribution in [3.63, 3.8) is 0 Å². The monoisotopic (exact) mass is 310 g/mol. The third-order valence-electron chi connectivity index (χ3n) is 4.76. The molecule has 1 heterocycles. The van der Waals surface area contributed by atoms with Crippen molar-refractivity contribution < 1.29 is 4.79 Å². The second kappa shape index (κ2) is 7.81. The molecule has 0 bridgehead atoms. The Hall–Kier alpha value is -1.06. The molecule has 1 aromatic rings. The van der Waals surface area contributed by atoms with Gasteiger partial charge >= 0.3 is 0 Å². The van der Waals surface area contributed by atoms with E-state index in [1.807, 2.05) is 42.2 Å². The average molecular weight is 311 g/mol. The lowest BCUT2D eigenvalue weighted by Gasteiger charge is -2.37. The van der Waals surface area contributed by atoms with Crippen molar-refractivity contribution >= 4 is 18.3 Å². The van der Waals surface area contributed by atoms with Gasteiger partial charge in [0.25, 0.3) is 0 Å². The minimum atomic E-state index is -0.224. The van der Waals surface area contributed by atoms with Gasteiger partial charge in [0, 0.05) is 19.1 Å². The van der Waals surface area contributed by atoms with E-state index in [0.717, 1.165) is 25.1 Å². The fourth-order valence-corrected chi connectivity index (χ4v) is 2.87. The highest BCUT2D eigenvalue weighted by Gasteiger charge is 2.31. The van der Waals surface area contributed by atoms with Crippen molar-refractivity contribution in [3.8, 4) is 0 Å². The van der Waals surface area contributed by atoms with Crippen molar-refractivity contribution in [2.24, 2.45) is 23.5 Å². The molecule has 0 aliphatic carbocycles. The molecule has 1 fully saturated rings. The molecule has 0 spiro atoms. The first kappa shape index (κ1) is 18.0. The first-order valence-corrected chi connectivity index (χ1v) is 7.60. The number of carbonyl (C=O) groups is 1. The summed E-state index contributed by atoms with van der Waals surface area (Å²) in [6.45, 7) is 8.18. The molecule has 21 heavy (non-hydrogen) atoms. The first-order chi connectivity index (χ1) is 9.50. The Bertz CT molecular complexity index is 451. The van der Waals surface area contributed by atoms with Gasteiger partial charge in [0.15, 0.2) is 0 Å². The van der Waals surface area contributed by atoms with Crippen LogP contribution >= 0.6 is 12.4 Å². The molecule has 0 saturated carbocycles. The van der Waals surface area contributed by atoms with Gasteiger partial charge in [0.1, 0.15) is 0 Å². The number of halogens is 1. The zero-order valence-corrected chi connectivity index (χ0v) is 14.0. The largest absolute Gasteiger partial charge is 0.342 e. The molecule has 1 aliphatic heterocycles. The summed E-state index contributed by atoms with van der Waals surface area (Å²) in [5.74, 6) is 1.31. The molecule has 118 valence electrons. The zero-order chi connectivity index (χ0) is 14.7. The summed E-state index contributed by atoms with van der Waals surface area (Å²) >= 11 is 0. The van der Waals surface area contributed by atoms with Crippen LogP contribution < -0.4 is 5.73 Å². The molecule has 2 N–H and O–H groups in total. The lowest BCUT2D eigenvalue weighted by Crippen LogP contribution is -2.46. The van der Waals surface area contributed by atoms with Crippen LogP contribution in [0.3, 0.4) is 0 Å². The fourth-order valence-electron chi connectivity index (χ4n) is 2.87. The molecule has 0 aromatic heterocycles. The second-order valence-corrected chi connectivity index (χ2v) is 6.25. The van der Waals surface area contributed by atoms with Gasteiger partial charge in [-0.25, -0.2) is 0 Å². The minimum Gasteiger partial charge on any atom is -0.342 e. The Morgan fingerprint density at radius 1 is 1.24 bits per heavy atom. The summed E-state index contributed by atoms with van der Waals surface area (Å²) in [5, 5.41) is 0. The number of amides is 1. The molecule has 1 aromatic carbocycles. The number of nitrogens with zero attached hydrogens (tertiary/aromatic N) is 1. The third-order valence-corrected chi connectivity index (χ3v) is 4.76. The Morgan fingerprint density at radius 2 is 1.86 bits per heavy atom. The zero-order valence-electron chi connectivity index (χ0n) is 13.2. The number of benzene rings is 1. The van der Waals surface area contributed by atoms with Gasteiger partial charge in [-0.2, -0.15) is 0 Å². The summed E-state index contributed by atoms with van der Waals surface area (Å²) in [6.07, 6.45) is 1.10. The van der Waals surface area contributed by atoms with Crippen LogP contribution in [0.4, 0.5) is 0 Å². The van der Waals surface area contributed by atoms with E-state index >= 15 is 0 Å². The molecule has 1 saturated heterocycles. The van der Waals surface area contributed by atoms with E-state index in [4.69, 9.17) is 5.73 Å². The lowest BCUT2D eigenvalue weighted by atomic mass is 9.87. The van der Waals surface area contributed by atoms with Crippen LogP contribution in [-0.2, 0) is 4.79 Å². The Kier molecular flexibility index (Phi) is 6.69. The normalized spacial score (nSPS) is 24.9. The summed E-state index contributed by atoms with van der Waals surface area (Å²) in [4.78, 5) is 14.6. The highest BCUT2D eigenvalue weighted by Crippen LogP contribution is 2.26. The average Bonchev–Trinajstić information content (AvgIpc) is 2.48. The fraction of sp³-hybridized carbons (Fsp3) is 0.588. The van der Waals surface area contributed by atoms with Crippen molar-refractivity contribution in [1.82, 2.24) is 4.90 Å². The molecular weight excluding hydrogens is 284 g/mol. The van der Waals surface area contributed by atoms with E-state index in [1.165, 1.54) is 0 Å². The van der Waals surface area contributed by atoms with Gasteiger partial charge in [-0.15, -0.1) is 12.4 Å². The second-order valence-electron chi connectivity index (χ2n) is 6.25. The molecule has 4 atom stereocenters. The maximum Gasteiger partial charge on any atom is 0.227 e. The number of rotatable bonds is 3. The predicted molar refractivity (Wildman–Crippen MR) is 89.3 cm³/mol. The summed E-state index contributed by atoms with van der Waals surface area (Å²) < 4.78 is 0. The highest BCUT2D eigenvalue weighted by atomic mass is 35.5. The number of hydrogen-bond donors (Lipinski definition) is 1. The van der Waals surface area contributed by atoms with Crippen LogP contribution in [0.1, 0.15) is 38.8 Å². The predicted octanol–water partition coefficient (Wildman–Crippen LogP) is 3.25. The Morgan fingerprint density at radius 3 is 2.43 bits per heavy atom. The molecule has 1 aliphatic rings.